The van der Waals surface area contributed by atoms with Gasteiger partial charge in [0.15, 0.2) is 5.82 Å². The molecule has 0 spiro atoms. The number of benzene rings is 1. The fourth-order valence-corrected chi connectivity index (χ4v) is 2.30. The third-order valence-electron chi connectivity index (χ3n) is 3.52. The maximum Gasteiger partial charge on any atom is 0.258 e. The predicted molar refractivity (Wildman–Crippen MR) is 94.1 cm³/mol. The molecular weight excluding hydrogens is 320 g/mol. The first kappa shape index (κ1) is 18.6. The van der Waals surface area contributed by atoms with Gasteiger partial charge in [0.25, 0.3) is 11.8 Å². The Morgan fingerprint density at radius 2 is 1.88 bits per heavy atom. The summed E-state index contributed by atoms with van der Waals surface area (Å²) in [7, 11) is 1.59. The molecule has 134 valence electrons. The quantitative estimate of drug-likeness (QED) is 0.869. The van der Waals surface area contributed by atoms with Gasteiger partial charge in [-0.15, -0.1) is 0 Å². The van der Waals surface area contributed by atoms with Crippen LogP contribution in [0.3, 0.4) is 0 Å². The number of hydrogen-bond acceptors (Lipinski definition) is 5. The molecule has 0 fully saturated rings. The van der Waals surface area contributed by atoms with Crippen LogP contribution < -0.4 is 5.32 Å². The summed E-state index contributed by atoms with van der Waals surface area (Å²) < 4.78 is 5.31. The van der Waals surface area contributed by atoms with E-state index in [-0.39, 0.29) is 30.3 Å². The number of amides is 2. The maximum absolute atomic E-state index is 12.8. The Morgan fingerprint density at radius 1 is 1.20 bits per heavy atom. The SMILES string of the molecule is CC(C)NC(=O)CN(C)C(=O)c1ccccc1-c1nc(C(C)C)no1. The minimum atomic E-state index is -0.279. The van der Waals surface area contributed by atoms with Gasteiger partial charge in [0.05, 0.1) is 17.7 Å². The van der Waals surface area contributed by atoms with Gasteiger partial charge < -0.3 is 14.7 Å². The molecule has 0 unspecified atom stereocenters. The Labute approximate surface area is 147 Å². The van der Waals surface area contributed by atoms with E-state index in [1.54, 1.807) is 31.3 Å². The molecule has 2 amide bonds. The first-order chi connectivity index (χ1) is 11.8. The number of aromatic nitrogens is 2. The fourth-order valence-electron chi connectivity index (χ4n) is 2.30. The zero-order chi connectivity index (χ0) is 18.6. The van der Waals surface area contributed by atoms with E-state index in [1.807, 2.05) is 27.7 Å². The normalized spacial score (nSPS) is 11.0. The van der Waals surface area contributed by atoms with Crippen LogP contribution in [-0.2, 0) is 4.79 Å². The van der Waals surface area contributed by atoms with Crippen molar-refractivity contribution in [3.63, 3.8) is 0 Å². The summed E-state index contributed by atoms with van der Waals surface area (Å²) in [4.78, 5) is 30.4. The van der Waals surface area contributed by atoms with Crippen molar-refractivity contribution in [3.05, 3.63) is 35.7 Å². The van der Waals surface area contributed by atoms with E-state index in [0.717, 1.165) is 0 Å². The van der Waals surface area contributed by atoms with Gasteiger partial charge in [0, 0.05) is 19.0 Å². The molecule has 1 aromatic heterocycles. The second-order valence-corrected chi connectivity index (χ2v) is 6.54. The smallest absolute Gasteiger partial charge is 0.258 e. The molecule has 0 saturated carbocycles. The Kier molecular flexibility index (Phi) is 5.90. The van der Waals surface area contributed by atoms with Crippen molar-refractivity contribution in [2.75, 3.05) is 13.6 Å². The molecule has 7 nitrogen and oxygen atoms in total. The molecule has 0 radical (unpaired) electrons. The first-order valence-corrected chi connectivity index (χ1v) is 8.27. The standard InChI is InChI=1S/C18H24N4O3/c1-11(2)16-20-17(25-21-16)13-8-6-7-9-14(13)18(24)22(5)10-15(23)19-12(3)4/h6-9,11-12H,10H2,1-5H3,(H,19,23). The predicted octanol–water partition coefficient (Wildman–Crippen LogP) is 2.46. The number of rotatable bonds is 6. The second kappa shape index (κ2) is 7.92. The van der Waals surface area contributed by atoms with Gasteiger partial charge in [-0.25, -0.2) is 0 Å². The van der Waals surface area contributed by atoms with Crippen LogP contribution in [0.1, 0.15) is 49.8 Å². The minimum Gasteiger partial charge on any atom is -0.352 e. The summed E-state index contributed by atoms with van der Waals surface area (Å²) in [5.41, 5.74) is 0.976. The lowest BCUT2D eigenvalue weighted by molar-refractivity contribution is -0.122. The summed E-state index contributed by atoms with van der Waals surface area (Å²) in [6, 6.07) is 7.03. The molecule has 0 aliphatic carbocycles. The molecule has 1 heterocycles. The summed E-state index contributed by atoms with van der Waals surface area (Å²) in [6.07, 6.45) is 0. The van der Waals surface area contributed by atoms with Crippen LogP contribution in [0.5, 0.6) is 0 Å². The molecule has 25 heavy (non-hydrogen) atoms. The average molecular weight is 344 g/mol. The van der Waals surface area contributed by atoms with Crippen LogP contribution in [0.2, 0.25) is 0 Å². The van der Waals surface area contributed by atoms with Gasteiger partial charge in [0.1, 0.15) is 0 Å². The van der Waals surface area contributed by atoms with E-state index in [4.69, 9.17) is 4.52 Å². The Hall–Kier alpha value is -2.70. The highest BCUT2D eigenvalue weighted by Gasteiger charge is 2.22. The summed E-state index contributed by atoms with van der Waals surface area (Å²) >= 11 is 0. The molecule has 0 aliphatic rings. The van der Waals surface area contributed by atoms with E-state index < -0.39 is 0 Å². The van der Waals surface area contributed by atoms with Crippen molar-refractivity contribution < 1.29 is 14.1 Å². The molecule has 2 rings (SSSR count). The van der Waals surface area contributed by atoms with Crippen molar-refractivity contribution in [2.45, 2.75) is 39.7 Å². The van der Waals surface area contributed by atoms with Gasteiger partial charge in [-0.05, 0) is 26.0 Å². The van der Waals surface area contributed by atoms with Crippen LogP contribution >= 0.6 is 0 Å². The Balaban J connectivity index is 2.24. The molecule has 0 saturated heterocycles. The largest absolute Gasteiger partial charge is 0.352 e. The molecule has 0 aliphatic heterocycles. The highest BCUT2D eigenvalue weighted by atomic mass is 16.5. The minimum absolute atomic E-state index is 0.0214. The number of hydrogen-bond donors (Lipinski definition) is 1. The zero-order valence-electron chi connectivity index (χ0n) is 15.2. The van der Waals surface area contributed by atoms with Crippen LogP contribution in [0.25, 0.3) is 11.5 Å². The van der Waals surface area contributed by atoms with Gasteiger partial charge in [-0.3, -0.25) is 9.59 Å². The van der Waals surface area contributed by atoms with E-state index in [0.29, 0.717) is 22.8 Å². The van der Waals surface area contributed by atoms with Crippen molar-refractivity contribution in [3.8, 4) is 11.5 Å². The van der Waals surface area contributed by atoms with E-state index >= 15 is 0 Å². The van der Waals surface area contributed by atoms with Crippen molar-refractivity contribution in [1.29, 1.82) is 0 Å². The third kappa shape index (κ3) is 4.65. The van der Waals surface area contributed by atoms with E-state index in [1.165, 1.54) is 4.90 Å². The Morgan fingerprint density at radius 3 is 2.48 bits per heavy atom. The zero-order valence-corrected chi connectivity index (χ0v) is 15.2. The lowest BCUT2D eigenvalue weighted by Crippen LogP contribution is -2.41. The fraction of sp³-hybridized carbons (Fsp3) is 0.444. The molecule has 0 atom stereocenters. The molecule has 2 aromatic rings. The number of likely N-dealkylation sites (N-methyl/N-ethyl adjacent to an activating group) is 1. The highest BCUT2D eigenvalue weighted by molar-refractivity contribution is 6.01. The lowest BCUT2D eigenvalue weighted by atomic mass is 10.1. The van der Waals surface area contributed by atoms with Crippen LogP contribution in [0.15, 0.2) is 28.8 Å². The van der Waals surface area contributed by atoms with E-state index in [9.17, 15) is 9.59 Å². The molecular formula is C18H24N4O3. The maximum atomic E-state index is 12.8. The Bertz CT molecular complexity index is 752. The summed E-state index contributed by atoms with van der Waals surface area (Å²) in [5.74, 6) is 0.527. The van der Waals surface area contributed by atoms with Crippen LogP contribution in [0.4, 0.5) is 0 Å². The summed E-state index contributed by atoms with van der Waals surface area (Å²) in [5, 5.41) is 6.71. The van der Waals surface area contributed by atoms with Gasteiger partial charge in [-0.2, -0.15) is 4.98 Å². The lowest BCUT2D eigenvalue weighted by Gasteiger charge is -2.18. The summed E-state index contributed by atoms with van der Waals surface area (Å²) in [6.45, 7) is 7.65. The number of nitrogens with one attached hydrogen (secondary N) is 1. The van der Waals surface area contributed by atoms with Crippen LogP contribution in [-0.4, -0.2) is 46.5 Å². The topological polar surface area (TPSA) is 88.3 Å². The molecule has 0 bridgehead atoms. The monoisotopic (exact) mass is 344 g/mol. The van der Waals surface area contributed by atoms with Gasteiger partial charge >= 0.3 is 0 Å². The molecule has 1 N–H and O–H groups in total. The first-order valence-electron chi connectivity index (χ1n) is 8.27. The van der Waals surface area contributed by atoms with Gasteiger partial charge in [-0.1, -0.05) is 31.1 Å². The van der Waals surface area contributed by atoms with Crippen LogP contribution in [0, 0.1) is 0 Å². The number of carbonyl (C=O) groups is 2. The average Bonchev–Trinajstić information content (AvgIpc) is 3.03. The number of nitrogens with zero attached hydrogens (tertiary/aromatic N) is 3. The van der Waals surface area contributed by atoms with E-state index in [2.05, 4.69) is 15.5 Å². The second-order valence-electron chi connectivity index (χ2n) is 6.54. The molecule has 1 aromatic carbocycles. The highest BCUT2D eigenvalue weighted by Crippen LogP contribution is 2.24. The van der Waals surface area contributed by atoms with Crippen molar-refractivity contribution >= 4 is 11.8 Å². The third-order valence-corrected chi connectivity index (χ3v) is 3.52. The number of carbonyl (C=O) groups excluding carboxylic acids is 2. The van der Waals surface area contributed by atoms with Crippen molar-refractivity contribution in [2.24, 2.45) is 0 Å². The van der Waals surface area contributed by atoms with Gasteiger partial charge in [0.2, 0.25) is 5.91 Å². The van der Waals surface area contributed by atoms with Crippen molar-refractivity contribution in [1.82, 2.24) is 20.4 Å². The molecule has 7 heteroatoms.